The second-order valence-corrected chi connectivity index (χ2v) is 17.0. The smallest absolute Gasteiger partial charge is 0.387 e. The van der Waals surface area contributed by atoms with Gasteiger partial charge in [0, 0.05) is 25.7 Å². The number of ether oxygens (including phenoxy) is 1. The zero-order chi connectivity index (χ0) is 43.0. The van der Waals surface area contributed by atoms with Crippen LogP contribution in [0.4, 0.5) is 0 Å². The van der Waals surface area contributed by atoms with E-state index in [4.69, 9.17) is 4.74 Å². The van der Waals surface area contributed by atoms with Gasteiger partial charge in [-0.15, -0.1) is 0 Å². The molecular formula is C47H85NO10+. The summed E-state index contributed by atoms with van der Waals surface area (Å²) < 4.78 is 5.67. The maximum atomic E-state index is 14.0. The van der Waals surface area contributed by atoms with Crippen molar-refractivity contribution in [2.24, 2.45) is 0 Å². The number of carbonyl (C=O) groups excluding carboxylic acids is 5. The summed E-state index contributed by atoms with van der Waals surface area (Å²) in [6, 6.07) is 0. The molecule has 58 heavy (non-hydrogen) atoms. The number of amides is 2. The summed E-state index contributed by atoms with van der Waals surface area (Å²) in [6.07, 6.45) is 18.0. The fraction of sp³-hybridized carbons (Fsp3) is 0.894. The highest BCUT2D eigenvalue weighted by atomic mass is 16.6. The average Bonchev–Trinajstić information content (AvgIpc) is 3.21. The molecule has 11 nitrogen and oxygen atoms in total. The molecule has 0 aliphatic carbocycles. The van der Waals surface area contributed by atoms with Crippen molar-refractivity contribution in [2.45, 2.75) is 263 Å². The Labute approximate surface area is 351 Å². The van der Waals surface area contributed by atoms with Crippen LogP contribution in [0.2, 0.25) is 0 Å². The largest absolute Gasteiger partial charge is 0.400 e. The molecule has 4 N–H and O–H groups in total. The van der Waals surface area contributed by atoms with Crippen LogP contribution in [0.15, 0.2) is 0 Å². The van der Waals surface area contributed by atoms with Crippen molar-refractivity contribution in [3.8, 4) is 0 Å². The summed E-state index contributed by atoms with van der Waals surface area (Å²) in [7, 11) is 0. The maximum absolute atomic E-state index is 14.0. The lowest BCUT2D eigenvalue weighted by Gasteiger charge is -2.40. The predicted molar refractivity (Wildman–Crippen MR) is 229 cm³/mol. The van der Waals surface area contributed by atoms with E-state index < -0.39 is 66.4 Å². The zero-order valence-electron chi connectivity index (χ0n) is 37.0. The molecule has 1 unspecified atom stereocenters. The Morgan fingerprint density at radius 3 is 1.36 bits per heavy atom. The van der Waals surface area contributed by atoms with Crippen LogP contribution >= 0.6 is 0 Å². The number of aliphatic hydroxyl groups excluding tert-OH is 4. The summed E-state index contributed by atoms with van der Waals surface area (Å²) in [4.78, 5) is 66.0. The summed E-state index contributed by atoms with van der Waals surface area (Å²) in [5.74, 6) is -2.98. The number of Topliss-reactive ketones (excluding diaryl/α,β-unsaturated/α-hetero) is 3. The number of ketones is 3. The van der Waals surface area contributed by atoms with Gasteiger partial charge in [0.1, 0.15) is 48.6 Å². The Kier molecular flexibility index (Phi) is 32.5. The van der Waals surface area contributed by atoms with E-state index in [1.807, 2.05) is 6.92 Å². The molecule has 0 aromatic rings. The zero-order valence-corrected chi connectivity index (χ0v) is 37.0. The van der Waals surface area contributed by atoms with E-state index >= 15 is 0 Å². The SMILES string of the molecule is CCCCCCCCCCCCCCCCCC[N+](C(=O)CCCCCCCCCCC)C(=O)[C@@H]1O[C@H](C(O)C(=O)CC(=O)CCC(=O)CCCC)[C@@H](O)[C@H](O)[C@@H]1O. The van der Waals surface area contributed by atoms with Gasteiger partial charge >= 0.3 is 11.8 Å². The van der Waals surface area contributed by atoms with Gasteiger partial charge in [0.2, 0.25) is 6.10 Å². The Hall–Kier alpha value is -1.89. The van der Waals surface area contributed by atoms with Gasteiger partial charge in [-0.05, 0) is 24.2 Å². The molecule has 337 valence electrons. The molecule has 1 rings (SSSR count). The van der Waals surface area contributed by atoms with Gasteiger partial charge < -0.3 is 25.2 Å². The van der Waals surface area contributed by atoms with E-state index in [1.54, 1.807) is 0 Å². The molecule has 1 fully saturated rings. The second kappa shape index (κ2) is 34.8. The lowest BCUT2D eigenvalue weighted by Crippen LogP contribution is -2.66. The highest BCUT2D eigenvalue weighted by Gasteiger charge is 2.55. The van der Waals surface area contributed by atoms with Gasteiger partial charge in [-0.25, -0.2) is 9.59 Å². The summed E-state index contributed by atoms with van der Waals surface area (Å²) in [5.41, 5.74) is 0. The molecule has 1 aliphatic rings. The topological polar surface area (TPSA) is 181 Å². The van der Waals surface area contributed by atoms with E-state index in [1.165, 1.54) is 96.3 Å². The van der Waals surface area contributed by atoms with E-state index in [0.29, 0.717) is 25.7 Å². The molecule has 2 amide bonds. The fourth-order valence-electron chi connectivity index (χ4n) is 7.77. The molecule has 1 saturated heterocycles. The van der Waals surface area contributed by atoms with Crippen molar-refractivity contribution in [1.82, 2.24) is 4.90 Å². The minimum Gasteiger partial charge on any atom is -0.387 e. The minimum absolute atomic E-state index is 0.0193. The van der Waals surface area contributed by atoms with Crippen LogP contribution in [0.5, 0.6) is 0 Å². The molecule has 0 bridgehead atoms. The van der Waals surface area contributed by atoms with E-state index in [-0.39, 0.29) is 31.6 Å². The lowest BCUT2D eigenvalue weighted by molar-refractivity contribution is -0.238. The highest BCUT2D eigenvalue weighted by molar-refractivity contribution is 6.03. The maximum Gasteiger partial charge on any atom is 0.400 e. The number of rotatable bonds is 38. The predicted octanol–water partition coefficient (Wildman–Crippen LogP) is 8.64. The van der Waals surface area contributed by atoms with Crippen LogP contribution in [-0.2, 0) is 28.7 Å². The fourth-order valence-corrected chi connectivity index (χ4v) is 7.77. The number of imide groups is 1. The average molecular weight is 824 g/mol. The van der Waals surface area contributed by atoms with Gasteiger partial charge in [-0.3, -0.25) is 14.4 Å². The summed E-state index contributed by atoms with van der Waals surface area (Å²) in [5, 5.41) is 43.2. The Morgan fingerprint density at radius 1 is 0.483 bits per heavy atom. The third-order valence-corrected chi connectivity index (χ3v) is 11.7. The quantitative estimate of drug-likeness (QED) is 0.0267. The molecule has 11 heteroatoms. The molecule has 1 aliphatic heterocycles. The van der Waals surface area contributed by atoms with Crippen molar-refractivity contribution >= 4 is 29.2 Å². The molecule has 1 radical (unpaired) electrons. The van der Waals surface area contributed by atoms with Gasteiger partial charge in [0.05, 0.1) is 12.8 Å². The number of hydrogen-bond acceptors (Lipinski definition) is 10. The van der Waals surface area contributed by atoms with Crippen molar-refractivity contribution in [3.63, 3.8) is 0 Å². The van der Waals surface area contributed by atoms with Crippen LogP contribution in [-0.4, -0.2) is 92.8 Å². The molecule has 0 spiro atoms. The molecule has 0 saturated carbocycles. The first kappa shape index (κ1) is 54.1. The van der Waals surface area contributed by atoms with Crippen molar-refractivity contribution in [2.75, 3.05) is 6.54 Å². The third-order valence-electron chi connectivity index (χ3n) is 11.7. The first-order chi connectivity index (χ1) is 28.0. The van der Waals surface area contributed by atoms with Crippen molar-refractivity contribution in [3.05, 3.63) is 0 Å². The van der Waals surface area contributed by atoms with E-state index in [9.17, 15) is 44.4 Å². The van der Waals surface area contributed by atoms with Crippen LogP contribution in [0, 0.1) is 0 Å². The van der Waals surface area contributed by atoms with Crippen molar-refractivity contribution < 1.29 is 49.1 Å². The number of nitrogens with zero attached hydrogens (tertiary/aromatic N) is 1. The Bertz CT molecular complexity index is 1120. The Balaban J connectivity index is 2.76. The van der Waals surface area contributed by atoms with Gasteiger partial charge in [-0.1, -0.05) is 168 Å². The number of unbranched alkanes of at least 4 members (excludes halogenated alkanes) is 24. The minimum atomic E-state index is -2.10. The van der Waals surface area contributed by atoms with Crippen LogP contribution < -0.4 is 4.90 Å². The molecule has 0 aromatic carbocycles. The monoisotopic (exact) mass is 824 g/mol. The molecule has 1 heterocycles. The molecule has 6 atom stereocenters. The third kappa shape index (κ3) is 23.8. The van der Waals surface area contributed by atoms with Crippen LogP contribution in [0.25, 0.3) is 0 Å². The van der Waals surface area contributed by atoms with Gasteiger partial charge in [0.25, 0.3) is 0 Å². The van der Waals surface area contributed by atoms with Gasteiger partial charge in [-0.2, -0.15) is 0 Å². The Morgan fingerprint density at radius 2 is 0.897 bits per heavy atom. The molecular weight excluding hydrogens is 739 g/mol. The van der Waals surface area contributed by atoms with E-state index in [2.05, 4.69) is 13.8 Å². The normalized spacial score (nSPS) is 20.0. The van der Waals surface area contributed by atoms with Crippen LogP contribution in [0.1, 0.15) is 226 Å². The molecule has 0 aromatic heterocycles. The first-order valence-electron chi connectivity index (χ1n) is 23.8. The lowest BCUT2D eigenvalue weighted by atomic mass is 9.89. The standard InChI is InChI=1S/C47H85NO10/c1-4-7-10-12-14-16-17-18-19-20-21-22-24-26-28-30-35-48(40(52)32-29-27-25-23-15-13-11-8-5-2)47(57)46-44(56)42(54)43(55)45(58-46)41(53)39(51)36-38(50)34-33-37(49)31-9-6-3/h41-46,53-56H,4-36H2,1-3H3/q+1/t41?,42-,43-,44-,45+,46+/m0/s1. The number of carbonyl (C=O) groups is 5. The number of hydrogen-bond donors (Lipinski definition) is 4. The van der Waals surface area contributed by atoms with Crippen LogP contribution in [0.3, 0.4) is 0 Å². The van der Waals surface area contributed by atoms with Gasteiger partial charge in [0.15, 0.2) is 5.78 Å². The van der Waals surface area contributed by atoms with E-state index in [0.717, 1.165) is 62.7 Å². The number of aliphatic hydroxyl groups is 4. The summed E-state index contributed by atoms with van der Waals surface area (Å²) in [6.45, 7) is 6.48. The summed E-state index contributed by atoms with van der Waals surface area (Å²) >= 11 is 0. The first-order valence-corrected chi connectivity index (χ1v) is 23.8. The highest BCUT2D eigenvalue weighted by Crippen LogP contribution is 2.26. The van der Waals surface area contributed by atoms with Crippen molar-refractivity contribution in [1.29, 1.82) is 0 Å². The second-order valence-electron chi connectivity index (χ2n) is 17.0.